The molecule has 2 aromatic rings. The fourth-order valence-electron chi connectivity index (χ4n) is 2.64. The summed E-state index contributed by atoms with van der Waals surface area (Å²) >= 11 is 0. The average Bonchev–Trinajstić information content (AvgIpc) is 2.57. The number of rotatable bonds is 5. The quantitative estimate of drug-likeness (QED) is 0.561. The van der Waals surface area contributed by atoms with E-state index in [4.69, 9.17) is 10.5 Å². The molecule has 3 N–H and O–H groups in total. The van der Waals surface area contributed by atoms with Gasteiger partial charge in [0.05, 0.1) is 18.6 Å². The smallest absolute Gasteiger partial charge is 0.332 e. The minimum atomic E-state index is -1.02. The number of nitrogen functional groups attached to an aromatic ring is 1. The first-order valence-electron chi connectivity index (χ1n) is 7.23. The molecule has 0 saturated carbocycles. The summed E-state index contributed by atoms with van der Waals surface area (Å²) in [6, 6.07) is 4.15. The van der Waals surface area contributed by atoms with Crippen LogP contribution in [0.25, 0.3) is 0 Å². The molecule has 1 atom stereocenters. The first-order chi connectivity index (χ1) is 11.7. The van der Waals surface area contributed by atoms with Crippen LogP contribution in [0, 0.1) is 10.1 Å². The van der Waals surface area contributed by atoms with Crippen molar-refractivity contribution in [1.82, 2.24) is 9.13 Å². The van der Waals surface area contributed by atoms with Crippen LogP contribution in [0.5, 0.6) is 11.5 Å². The molecule has 10 nitrogen and oxygen atoms in total. The van der Waals surface area contributed by atoms with Crippen molar-refractivity contribution in [2.24, 2.45) is 14.1 Å². The molecule has 10 heteroatoms. The molecular weight excluding hydrogens is 332 g/mol. The molecule has 134 valence electrons. The monoisotopic (exact) mass is 350 g/mol. The molecule has 25 heavy (non-hydrogen) atoms. The second-order valence-electron chi connectivity index (χ2n) is 5.50. The van der Waals surface area contributed by atoms with Crippen molar-refractivity contribution in [2.75, 3.05) is 19.4 Å². The number of phenols is 1. The van der Waals surface area contributed by atoms with Gasteiger partial charge in [-0.25, -0.2) is 4.79 Å². The molecule has 0 bridgehead atoms. The number of aromatic nitrogens is 2. The Kier molecular flexibility index (Phi) is 4.82. The van der Waals surface area contributed by atoms with Crippen LogP contribution in [0.1, 0.15) is 17.0 Å². The van der Waals surface area contributed by atoms with E-state index >= 15 is 0 Å². The lowest BCUT2D eigenvalue weighted by Gasteiger charge is -2.18. The van der Waals surface area contributed by atoms with Gasteiger partial charge in [0.15, 0.2) is 11.5 Å². The normalized spacial score (nSPS) is 12.0. The van der Waals surface area contributed by atoms with Gasteiger partial charge in [0.25, 0.3) is 5.56 Å². The summed E-state index contributed by atoms with van der Waals surface area (Å²) < 4.78 is 6.91. The Hall–Kier alpha value is -3.30. The number of nitrogens with zero attached hydrogens (tertiary/aromatic N) is 3. The second-order valence-corrected chi connectivity index (χ2v) is 5.50. The number of hydrogen-bond acceptors (Lipinski definition) is 7. The molecule has 0 amide bonds. The van der Waals surface area contributed by atoms with Gasteiger partial charge in [-0.2, -0.15) is 0 Å². The SMILES string of the molecule is COc1cc([C@H](C[N+](=O)[O-])c2c(N)n(C)c(=O)n(C)c2=O)ccc1O. The zero-order valence-corrected chi connectivity index (χ0v) is 13.9. The molecule has 0 spiro atoms. The second kappa shape index (κ2) is 6.67. The lowest BCUT2D eigenvalue weighted by Crippen LogP contribution is -2.42. The fraction of sp³-hybridized carbons (Fsp3) is 0.333. The van der Waals surface area contributed by atoms with Crippen molar-refractivity contribution in [1.29, 1.82) is 0 Å². The summed E-state index contributed by atoms with van der Waals surface area (Å²) in [6.07, 6.45) is 0. The Morgan fingerprint density at radius 2 is 1.96 bits per heavy atom. The maximum Gasteiger partial charge on any atom is 0.332 e. The topological polar surface area (TPSA) is 143 Å². The highest BCUT2D eigenvalue weighted by molar-refractivity contribution is 5.50. The van der Waals surface area contributed by atoms with Crippen LogP contribution in [-0.2, 0) is 14.1 Å². The molecule has 0 aliphatic rings. The van der Waals surface area contributed by atoms with E-state index in [9.17, 15) is 24.8 Å². The molecule has 0 aliphatic heterocycles. The Morgan fingerprint density at radius 3 is 2.52 bits per heavy atom. The molecule has 1 aromatic carbocycles. The Labute approximate surface area is 141 Å². The van der Waals surface area contributed by atoms with Gasteiger partial charge in [0.2, 0.25) is 6.54 Å². The van der Waals surface area contributed by atoms with Gasteiger partial charge in [-0.05, 0) is 17.7 Å². The van der Waals surface area contributed by atoms with E-state index in [-0.39, 0.29) is 22.9 Å². The van der Waals surface area contributed by atoms with E-state index in [2.05, 4.69) is 0 Å². The minimum Gasteiger partial charge on any atom is -0.504 e. The van der Waals surface area contributed by atoms with Crippen molar-refractivity contribution in [2.45, 2.75) is 5.92 Å². The molecular formula is C15H18N4O6. The van der Waals surface area contributed by atoms with Gasteiger partial charge in [0, 0.05) is 19.0 Å². The highest BCUT2D eigenvalue weighted by atomic mass is 16.6. The third-order valence-electron chi connectivity index (χ3n) is 4.03. The Bertz CT molecular complexity index is 946. The summed E-state index contributed by atoms with van der Waals surface area (Å²) in [6.45, 7) is -0.619. The summed E-state index contributed by atoms with van der Waals surface area (Å²) in [4.78, 5) is 35.1. The molecule has 0 aliphatic carbocycles. The van der Waals surface area contributed by atoms with E-state index in [1.54, 1.807) is 0 Å². The third-order valence-corrected chi connectivity index (χ3v) is 4.03. The number of methoxy groups -OCH3 is 1. The number of aromatic hydroxyl groups is 1. The molecule has 0 radical (unpaired) electrons. The lowest BCUT2D eigenvalue weighted by molar-refractivity contribution is -0.481. The zero-order chi connectivity index (χ0) is 18.9. The maximum atomic E-state index is 12.5. The third kappa shape index (κ3) is 3.18. The highest BCUT2D eigenvalue weighted by Gasteiger charge is 2.29. The molecule has 0 saturated heterocycles. The number of phenolic OH excluding ortho intramolecular Hbond substituents is 1. The van der Waals surface area contributed by atoms with Crippen LogP contribution in [0.2, 0.25) is 0 Å². The van der Waals surface area contributed by atoms with E-state index in [1.807, 2.05) is 0 Å². The number of benzene rings is 1. The zero-order valence-electron chi connectivity index (χ0n) is 13.9. The van der Waals surface area contributed by atoms with Gasteiger partial charge in [-0.3, -0.25) is 24.0 Å². The number of nitrogens with two attached hydrogens (primary N) is 1. The van der Waals surface area contributed by atoms with Crippen molar-refractivity contribution in [3.8, 4) is 11.5 Å². The number of nitro groups is 1. The van der Waals surface area contributed by atoms with Crippen LogP contribution < -0.4 is 21.7 Å². The van der Waals surface area contributed by atoms with E-state index < -0.39 is 28.6 Å². The van der Waals surface area contributed by atoms with Crippen molar-refractivity contribution in [3.63, 3.8) is 0 Å². The van der Waals surface area contributed by atoms with Gasteiger partial charge >= 0.3 is 5.69 Å². The summed E-state index contributed by atoms with van der Waals surface area (Å²) in [5.41, 5.74) is 4.87. The van der Waals surface area contributed by atoms with Gasteiger partial charge in [0.1, 0.15) is 5.82 Å². The van der Waals surface area contributed by atoms with E-state index in [1.165, 1.54) is 39.4 Å². The predicted molar refractivity (Wildman–Crippen MR) is 89.7 cm³/mol. The van der Waals surface area contributed by atoms with Gasteiger partial charge in [-0.1, -0.05) is 6.07 Å². The number of ether oxygens (including phenoxy) is 1. The number of anilines is 1. The van der Waals surface area contributed by atoms with Crippen LogP contribution in [0.4, 0.5) is 5.82 Å². The largest absolute Gasteiger partial charge is 0.504 e. The van der Waals surface area contributed by atoms with Crippen LogP contribution in [0.3, 0.4) is 0 Å². The molecule has 2 rings (SSSR count). The average molecular weight is 350 g/mol. The molecule has 0 unspecified atom stereocenters. The summed E-state index contributed by atoms with van der Waals surface area (Å²) in [5, 5.41) is 20.9. The Balaban J connectivity index is 2.79. The number of hydrogen-bond donors (Lipinski definition) is 2. The van der Waals surface area contributed by atoms with Crippen LogP contribution in [0.15, 0.2) is 27.8 Å². The van der Waals surface area contributed by atoms with Crippen molar-refractivity contribution in [3.05, 3.63) is 60.3 Å². The van der Waals surface area contributed by atoms with Crippen molar-refractivity contribution >= 4 is 5.82 Å². The first-order valence-corrected chi connectivity index (χ1v) is 7.23. The first kappa shape index (κ1) is 18.0. The summed E-state index contributed by atoms with van der Waals surface area (Å²) in [5.74, 6) is -1.21. The van der Waals surface area contributed by atoms with Crippen LogP contribution in [-0.4, -0.2) is 32.8 Å². The van der Waals surface area contributed by atoms with Crippen LogP contribution >= 0.6 is 0 Å². The maximum absolute atomic E-state index is 12.5. The Morgan fingerprint density at radius 1 is 1.32 bits per heavy atom. The lowest BCUT2D eigenvalue weighted by atomic mass is 9.91. The van der Waals surface area contributed by atoms with E-state index in [0.717, 1.165) is 9.13 Å². The van der Waals surface area contributed by atoms with Gasteiger partial charge in [-0.15, -0.1) is 0 Å². The highest BCUT2D eigenvalue weighted by Crippen LogP contribution is 2.33. The standard InChI is InChI=1S/C15H18N4O6/c1-17-13(16)12(14(21)18(2)15(17)22)9(7-19(23)24)8-4-5-10(20)11(6-8)25-3/h4-6,9,20H,7,16H2,1-3H3/t9-/m0/s1. The van der Waals surface area contributed by atoms with Gasteiger partial charge < -0.3 is 15.6 Å². The molecule has 0 fully saturated rings. The fourth-order valence-corrected chi connectivity index (χ4v) is 2.64. The van der Waals surface area contributed by atoms with Crippen molar-refractivity contribution < 1.29 is 14.8 Å². The molecule has 1 aromatic heterocycles. The minimum absolute atomic E-state index is 0.0611. The summed E-state index contributed by atoms with van der Waals surface area (Å²) in [7, 11) is 3.98. The molecule has 1 heterocycles. The predicted octanol–water partition coefficient (Wildman–Crippen LogP) is -0.211. The van der Waals surface area contributed by atoms with E-state index in [0.29, 0.717) is 5.56 Å².